The second-order valence-corrected chi connectivity index (χ2v) is 8.71. The standard InChI is InChI=1S/C24H26N2O3S/c1-16-9-8-10-17(2)26(16)23(27)18(3)29-24(28)20-12-5-7-14-22(20)30-21-13-6-4-11-19(21)15-25/h4-7,11-14,16-18H,8-10H2,1-3H3/t16-,17-,18-/m1/s1. The zero-order valence-corrected chi connectivity index (χ0v) is 18.3. The van der Waals surface area contributed by atoms with Crippen LogP contribution < -0.4 is 0 Å². The first-order valence-corrected chi connectivity index (χ1v) is 11.0. The van der Waals surface area contributed by atoms with Crippen LogP contribution in [0.2, 0.25) is 0 Å². The van der Waals surface area contributed by atoms with Crippen molar-refractivity contribution in [3.05, 3.63) is 59.7 Å². The molecule has 1 amide bonds. The van der Waals surface area contributed by atoms with Gasteiger partial charge in [0.2, 0.25) is 0 Å². The Morgan fingerprint density at radius 2 is 1.67 bits per heavy atom. The minimum absolute atomic E-state index is 0.146. The summed E-state index contributed by atoms with van der Waals surface area (Å²) in [5, 5.41) is 9.32. The molecule has 0 saturated carbocycles. The van der Waals surface area contributed by atoms with Crippen molar-refractivity contribution in [2.75, 3.05) is 0 Å². The summed E-state index contributed by atoms with van der Waals surface area (Å²) in [5.74, 6) is -0.686. The van der Waals surface area contributed by atoms with Gasteiger partial charge in [-0.15, -0.1) is 0 Å². The average molecular weight is 423 g/mol. The Morgan fingerprint density at radius 3 is 2.33 bits per heavy atom. The predicted molar refractivity (Wildman–Crippen MR) is 116 cm³/mol. The zero-order valence-electron chi connectivity index (χ0n) is 17.5. The molecule has 1 aliphatic heterocycles. The van der Waals surface area contributed by atoms with E-state index in [1.165, 1.54) is 11.8 Å². The summed E-state index contributed by atoms with van der Waals surface area (Å²) >= 11 is 1.34. The molecule has 2 aromatic rings. The Morgan fingerprint density at radius 1 is 1.07 bits per heavy atom. The Hall–Kier alpha value is -2.78. The van der Waals surface area contributed by atoms with E-state index in [0.29, 0.717) is 16.0 Å². The lowest BCUT2D eigenvalue weighted by Gasteiger charge is -2.40. The Labute approximate surface area is 182 Å². The fourth-order valence-electron chi connectivity index (χ4n) is 3.83. The first kappa shape index (κ1) is 21.9. The topological polar surface area (TPSA) is 70.4 Å². The monoisotopic (exact) mass is 422 g/mol. The summed E-state index contributed by atoms with van der Waals surface area (Å²) in [7, 11) is 0. The molecule has 0 spiro atoms. The van der Waals surface area contributed by atoms with Gasteiger partial charge in [-0.3, -0.25) is 4.79 Å². The van der Waals surface area contributed by atoms with Crippen molar-refractivity contribution >= 4 is 23.6 Å². The first-order valence-electron chi connectivity index (χ1n) is 10.2. The van der Waals surface area contributed by atoms with E-state index in [1.807, 2.05) is 43.0 Å². The summed E-state index contributed by atoms with van der Waals surface area (Å²) in [6, 6.07) is 16.8. The molecule has 0 bridgehead atoms. The van der Waals surface area contributed by atoms with E-state index in [1.54, 1.807) is 31.2 Å². The molecule has 6 heteroatoms. The lowest BCUT2D eigenvalue weighted by Crippen LogP contribution is -2.51. The van der Waals surface area contributed by atoms with Gasteiger partial charge < -0.3 is 9.64 Å². The maximum absolute atomic E-state index is 13.0. The van der Waals surface area contributed by atoms with E-state index in [9.17, 15) is 14.9 Å². The highest BCUT2D eigenvalue weighted by molar-refractivity contribution is 7.99. The molecule has 2 aromatic carbocycles. The van der Waals surface area contributed by atoms with Gasteiger partial charge in [0.05, 0.1) is 11.1 Å². The molecule has 0 aliphatic carbocycles. The maximum atomic E-state index is 13.0. The van der Waals surface area contributed by atoms with Gasteiger partial charge in [-0.2, -0.15) is 5.26 Å². The van der Waals surface area contributed by atoms with Crippen molar-refractivity contribution in [3.8, 4) is 6.07 Å². The van der Waals surface area contributed by atoms with Crippen LogP contribution in [0, 0.1) is 11.3 Å². The minimum atomic E-state index is -0.857. The van der Waals surface area contributed by atoms with Crippen molar-refractivity contribution < 1.29 is 14.3 Å². The quantitative estimate of drug-likeness (QED) is 0.631. The van der Waals surface area contributed by atoms with Gasteiger partial charge in [0.25, 0.3) is 5.91 Å². The minimum Gasteiger partial charge on any atom is -0.449 e. The van der Waals surface area contributed by atoms with Crippen LogP contribution in [0.5, 0.6) is 0 Å². The zero-order chi connectivity index (χ0) is 21.7. The number of nitrogens with zero attached hydrogens (tertiary/aromatic N) is 2. The van der Waals surface area contributed by atoms with Gasteiger partial charge in [0, 0.05) is 21.9 Å². The molecule has 1 heterocycles. The largest absolute Gasteiger partial charge is 0.449 e. The van der Waals surface area contributed by atoms with Crippen molar-refractivity contribution in [3.63, 3.8) is 0 Å². The summed E-state index contributed by atoms with van der Waals surface area (Å²) < 4.78 is 5.57. The number of hydrogen-bond acceptors (Lipinski definition) is 5. The molecule has 0 aromatic heterocycles. The maximum Gasteiger partial charge on any atom is 0.340 e. The predicted octanol–water partition coefficient (Wildman–Crippen LogP) is 5.04. The van der Waals surface area contributed by atoms with Gasteiger partial charge in [-0.05, 0) is 64.3 Å². The number of ether oxygens (including phenoxy) is 1. The van der Waals surface area contributed by atoms with Crippen LogP contribution >= 0.6 is 11.8 Å². The normalized spacial score (nSPS) is 19.6. The smallest absolute Gasteiger partial charge is 0.340 e. The number of hydrogen-bond donors (Lipinski definition) is 0. The number of amides is 1. The number of likely N-dealkylation sites (tertiary alicyclic amines) is 1. The van der Waals surface area contributed by atoms with Crippen LogP contribution in [-0.4, -0.2) is 35.0 Å². The van der Waals surface area contributed by atoms with Crippen molar-refractivity contribution in [2.24, 2.45) is 0 Å². The van der Waals surface area contributed by atoms with E-state index in [4.69, 9.17) is 4.74 Å². The fraction of sp³-hybridized carbons (Fsp3) is 0.375. The number of rotatable bonds is 5. The first-order chi connectivity index (χ1) is 14.4. The summed E-state index contributed by atoms with van der Waals surface area (Å²) in [6.07, 6.45) is 2.18. The van der Waals surface area contributed by atoms with Gasteiger partial charge in [0.1, 0.15) is 6.07 Å². The SMILES string of the molecule is C[C@@H]1CCC[C@@H](C)N1C(=O)[C@@H](C)OC(=O)c1ccccc1Sc1ccccc1C#N. The molecule has 3 rings (SSSR count). The Balaban J connectivity index is 1.76. The fourth-order valence-corrected chi connectivity index (χ4v) is 4.85. The highest BCUT2D eigenvalue weighted by Gasteiger charge is 2.33. The Kier molecular flexibility index (Phi) is 7.17. The van der Waals surface area contributed by atoms with E-state index in [2.05, 4.69) is 6.07 Å². The van der Waals surface area contributed by atoms with E-state index >= 15 is 0 Å². The summed E-state index contributed by atoms with van der Waals surface area (Å²) in [4.78, 5) is 29.2. The number of nitriles is 1. The lowest BCUT2D eigenvalue weighted by atomic mass is 9.97. The highest BCUT2D eigenvalue weighted by Crippen LogP contribution is 2.33. The van der Waals surface area contributed by atoms with Crippen LogP contribution in [0.3, 0.4) is 0 Å². The van der Waals surface area contributed by atoms with Crippen molar-refractivity contribution in [2.45, 2.75) is 68.0 Å². The molecular weight excluding hydrogens is 396 g/mol. The van der Waals surface area contributed by atoms with Crippen LogP contribution in [0.4, 0.5) is 0 Å². The third-order valence-corrected chi connectivity index (χ3v) is 6.57. The highest BCUT2D eigenvalue weighted by atomic mass is 32.2. The lowest BCUT2D eigenvalue weighted by molar-refractivity contribution is -0.146. The molecule has 0 N–H and O–H groups in total. The van der Waals surface area contributed by atoms with E-state index in [0.717, 1.165) is 24.2 Å². The van der Waals surface area contributed by atoms with Gasteiger partial charge >= 0.3 is 5.97 Å². The van der Waals surface area contributed by atoms with Gasteiger partial charge in [-0.1, -0.05) is 36.0 Å². The summed E-state index contributed by atoms with van der Waals surface area (Å²) in [5.41, 5.74) is 0.928. The van der Waals surface area contributed by atoms with Crippen LogP contribution in [0.15, 0.2) is 58.3 Å². The molecule has 1 saturated heterocycles. The van der Waals surface area contributed by atoms with Crippen molar-refractivity contribution in [1.82, 2.24) is 4.90 Å². The van der Waals surface area contributed by atoms with Crippen LogP contribution in [0.25, 0.3) is 0 Å². The van der Waals surface area contributed by atoms with Crippen LogP contribution in [0.1, 0.15) is 56.0 Å². The number of benzene rings is 2. The molecule has 156 valence electrons. The third-order valence-electron chi connectivity index (χ3n) is 5.41. The van der Waals surface area contributed by atoms with Crippen molar-refractivity contribution in [1.29, 1.82) is 5.26 Å². The number of carbonyl (C=O) groups is 2. The summed E-state index contributed by atoms with van der Waals surface area (Å²) in [6.45, 7) is 5.72. The number of esters is 1. The van der Waals surface area contributed by atoms with Crippen LogP contribution in [-0.2, 0) is 9.53 Å². The van der Waals surface area contributed by atoms with Gasteiger partial charge in [0.15, 0.2) is 6.10 Å². The molecule has 0 radical (unpaired) electrons. The number of piperidine rings is 1. The van der Waals surface area contributed by atoms with E-state index < -0.39 is 12.1 Å². The Bertz CT molecular complexity index is 959. The molecule has 1 aliphatic rings. The average Bonchev–Trinajstić information content (AvgIpc) is 2.74. The number of carbonyl (C=O) groups excluding carboxylic acids is 2. The van der Waals surface area contributed by atoms with E-state index in [-0.39, 0.29) is 18.0 Å². The molecule has 5 nitrogen and oxygen atoms in total. The molecular formula is C24H26N2O3S. The second-order valence-electron chi connectivity index (χ2n) is 7.63. The molecule has 1 fully saturated rings. The molecule has 30 heavy (non-hydrogen) atoms. The molecule has 0 unspecified atom stereocenters. The third kappa shape index (κ3) is 4.85. The van der Waals surface area contributed by atoms with Gasteiger partial charge in [-0.25, -0.2) is 4.79 Å². The second kappa shape index (κ2) is 9.82. The molecule has 3 atom stereocenters.